The molecule has 8 nitrogen and oxygen atoms in total. The molecular formula is C38H75O8P. The number of rotatable bonds is 35. The van der Waals surface area contributed by atoms with E-state index in [9.17, 15) is 14.2 Å². The summed E-state index contributed by atoms with van der Waals surface area (Å²) >= 11 is 0. The summed E-state index contributed by atoms with van der Waals surface area (Å²) in [4.78, 5) is 42.7. The molecule has 0 aliphatic heterocycles. The summed E-state index contributed by atoms with van der Waals surface area (Å²) in [6, 6.07) is 0. The molecule has 0 aromatic heterocycles. The first-order valence-corrected chi connectivity index (χ1v) is 21.1. The second kappa shape index (κ2) is 32.3. The fraction of sp³-hybridized carbons (Fsp3) is 0.947. The van der Waals surface area contributed by atoms with Crippen molar-refractivity contribution in [3.8, 4) is 0 Å². The Morgan fingerprint density at radius 1 is 0.489 bits per heavy atom. The van der Waals surface area contributed by atoms with Crippen LogP contribution in [0.2, 0.25) is 0 Å². The molecule has 0 unspecified atom stereocenters. The Labute approximate surface area is 289 Å². The molecule has 0 amide bonds. The van der Waals surface area contributed by atoms with Gasteiger partial charge in [-0.3, -0.25) is 14.1 Å². The number of carbonyl (C=O) groups excluding carboxylic acids is 2. The van der Waals surface area contributed by atoms with E-state index in [1.54, 1.807) is 0 Å². The molecule has 1 atom stereocenters. The van der Waals surface area contributed by atoms with Crippen molar-refractivity contribution < 1.29 is 37.9 Å². The van der Waals surface area contributed by atoms with Gasteiger partial charge in [-0.05, 0) is 24.7 Å². The van der Waals surface area contributed by atoms with Crippen molar-refractivity contribution in [2.45, 2.75) is 207 Å². The van der Waals surface area contributed by atoms with Crippen molar-refractivity contribution in [3.63, 3.8) is 0 Å². The maximum absolute atomic E-state index is 12.4. The van der Waals surface area contributed by atoms with Crippen LogP contribution in [0.15, 0.2) is 0 Å². The van der Waals surface area contributed by atoms with Crippen molar-refractivity contribution in [2.75, 3.05) is 13.2 Å². The highest BCUT2D eigenvalue weighted by molar-refractivity contribution is 7.46. The van der Waals surface area contributed by atoms with Gasteiger partial charge in [0.2, 0.25) is 0 Å². The van der Waals surface area contributed by atoms with E-state index < -0.39 is 32.5 Å². The van der Waals surface area contributed by atoms with E-state index in [1.165, 1.54) is 122 Å². The van der Waals surface area contributed by atoms with Gasteiger partial charge in [0.1, 0.15) is 6.61 Å². The minimum absolute atomic E-state index is 0.218. The zero-order chi connectivity index (χ0) is 35.0. The number of carbonyl (C=O) groups is 2. The lowest BCUT2D eigenvalue weighted by molar-refractivity contribution is -0.161. The number of hydrogen-bond donors (Lipinski definition) is 2. The van der Waals surface area contributed by atoms with Crippen LogP contribution in [0.5, 0.6) is 0 Å². The van der Waals surface area contributed by atoms with Gasteiger partial charge in [0, 0.05) is 12.8 Å². The highest BCUT2D eigenvalue weighted by Gasteiger charge is 2.22. The molecule has 0 spiro atoms. The molecule has 2 N–H and O–H groups in total. The summed E-state index contributed by atoms with van der Waals surface area (Å²) in [7, 11) is -4.74. The molecule has 0 rings (SSSR count). The number of hydrogen-bond acceptors (Lipinski definition) is 6. The maximum Gasteiger partial charge on any atom is 0.469 e. The number of ether oxygens (including phenoxy) is 2. The largest absolute Gasteiger partial charge is 0.469 e. The Morgan fingerprint density at radius 2 is 0.809 bits per heavy atom. The van der Waals surface area contributed by atoms with Crippen LogP contribution in [0, 0.1) is 11.8 Å². The Morgan fingerprint density at radius 3 is 1.15 bits per heavy atom. The first-order valence-electron chi connectivity index (χ1n) is 19.5. The minimum Gasteiger partial charge on any atom is -0.462 e. The average Bonchev–Trinajstić information content (AvgIpc) is 3.00. The minimum atomic E-state index is -4.74. The molecule has 0 fully saturated rings. The quantitative estimate of drug-likeness (QED) is 0.0383. The van der Waals surface area contributed by atoms with Crippen LogP contribution in [-0.4, -0.2) is 41.0 Å². The fourth-order valence-electron chi connectivity index (χ4n) is 5.80. The standard InChI is InChI=1S/C38H75O8P/c1-34(2)28-24-20-16-13-11-9-7-5-6-8-10-12-14-18-23-27-31-38(40)46-36(33-45-47(41,42)43)32-44-37(39)30-26-22-19-15-17-21-25-29-35(3)4/h34-36H,5-33H2,1-4H3,(H2,41,42,43)/t36-/m1/s1. The van der Waals surface area contributed by atoms with E-state index in [2.05, 4.69) is 32.2 Å². The highest BCUT2D eigenvalue weighted by Crippen LogP contribution is 2.36. The van der Waals surface area contributed by atoms with Gasteiger partial charge in [-0.2, -0.15) is 0 Å². The van der Waals surface area contributed by atoms with Gasteiger partial charge < -0.3 is 19.3 Å². The Bertz CT molecular complexity index is 767. The van der Waals surface area contributed by atoms with Crippen LogP contribution >= 0.6 is 7.82 Å². The van der Waals surface area contributed by atoms with E-state index in [-0.39, 0.29) is 19.4 Å². The summed E-state index contributed by atoms with van der Waals surface area (Å²) in [6.45, 7) is 8.31. The Kier molecular flexibility index (Phi) is 31.6. The molecule has 280 valence electrons. The first-order chi connectivity index (χ1) is 22.5. The van der Waals surface area contributed by atoms with Crippen LogP contribution in [0.25, 0.3) is 0 Å². The van der Waals surface area contributed by atoms with Gasteiger partial charge in [-0.15, -0.1) is 0 Å². The van der Waals surface area contributed by atoms with Crippen LogP contribution in [-0.2, 0) is 28.2 Å². The summed E-state index contributed by atoms with van der Waals surface area (Å²) in [5.41, 5.74) is 0. The molecule has 0 saturated heterocycles. The van der Waals surface area contributed by atoms with E-state index in [0.717, 1.165) is 43.9 Å². The first kappa shape index (κ1) is 46.0. The lowest BCUT2D eigenvalue weighted by atomic mass is 10.0. The molecule has 0 aromatic rings. The molecule has 0 saturated carbocycles. The summed E-state index contributed by atoms with van der Waals surface area (Å²) in [5, 5.41) is 0. The van der Waals surface area contributed by atoms with Crippen LogP contribution in [0.3, 0.4) is 0 Å². The van der Waals surface area contributed by atoms with E-state index in [1.807, 2.05) is 0 Å². The highest BCUT2D eigenvalue weighted by atomic mass is 31.2. The van der Waals surface area contributed by atoms with Crippen molar-refractivity contribution in [2.24, 2.45) is 11.8 Å². The lowest BCUT2D eigenvalue weighted by Crippen LogP contribution is -2.29. The van der Waals surface area contributed by atoms with Gasteiger partial charge in [0.15, 0.2) is 6.10 Å². The van der Waals surface area contributed by atoms with Gasteiger partial charge in [-0.25, -0.2) is 4.57 Å². The molecule has 0 radical (unpaired) electrons. The van der Waals surface area contributed by atoms with Gasteiger partial charge in [0.25, 0.3) is 0 Å². The molecule has 9 heteroatoms. The maximum atomic E-state index is 12.4. The topological polar surface area (TPSA) is 119 Å². The molecule has 0 aliphatic rings. The SMILES string of the molecule is CC(C)CCCCCCCCCCCCCCCCCCC(=O)O[C@H](COC(=O)CCCCCCCCCC(C)C)COP(=O)(O)O. The third-order valence-corrected chi connectivity index (χ3v) is 9.22. The smallest absolute Gasteiger partial charge is 0.462 e. The second-order valence-corrected chi connectivity index (χ2v) is 15.8. The number of esters is 2. The lowest BCUT2D eigenvalue weighted by Gasteiger charge is -2.18. The van der Waals surface area contributed by atoms with Crippen molar-refractivity contribution >= 4 is 19.8 Å². The van der Waals surface area contributed by atoms with Crippen LogP contribution in [0.1, 0.15) is 201 Å². The molecule has 0 bridgehead atoms. The van der Waals surface area contributed by atoms with Gasteiger partial charge in [0.05, 0.1) is 6.61 Å². The normalized spacial score (nSPS) is 12.6. The fourth-order valence-corrected chi connectivity index (χ4v) is 6.16. The molecular weight excluding hydrogens is 615 g/mol. The molecule has 0 aliphatic carbocycles. The van der Waals surface area contributed by atoms with Gasteiger partial charge >= 0.3 is 19.8 Å². The summed E-state index contributed by atoms with van der Waals surface area (Å²) < 4.78 is 26.3. The average molecular weight is 691 g/mol. The Hall–Kier alpha value is -0.950. The second-order valence-electron chi connectivity index (χ2n) is 14.6. The van der Waals surface area contributed by atoms with Gasteiger partial charge in [-0.1, -0.05) is 175 Å². The number of unbranched alkanes of at least 4 members (excludes halogenated alkanes) is 21. The third kappa shape index (κ3) is 37.7. The van der Waals surface area contributed by atoms with Crippen molar-refractivity contribution in [1.29, 1.82) is 0 Å². The summed E-state index contributed by atoms with van der Waals surface area (Å²) in [5.74, 6) is 0.724. The van der Waals surface area contributed by atoms with E-state index in [0.29, 0.717) is 6.42 Å². The zero-order valence-electron chi connectivity index (χ0n) is 31.0. The predicted molar refractivity (Wildman–Crippen MR) is 193 cm³/mol. The van der Waals surface area contributed by atoms with E-state index >= 15 is 0 Å². The predicted octanol–water partition coefficient (Wildman–Crippen LogP) is 11.4. The van der Waals surface area contributed by atoms with E-state index in [4.69, 9.17) is 19.3 Å². The molecule has 0 heterocycles. The number of phosphoric ester groups is 1. The Balaban J connectivity index is 3.86. The van der Waals surface area contributed by atoms with Crippen LogP contribution < -0.4 is 0 Å². The van der Waals surface area contributed by atoms with Crippen LogP contribution in [0.4, 0.5) is 0 Å². The zero-order valence-corrected chi connectivity index (χ0v) is 31.9. The van der Waals surface area contributed by atoms with Crippen molar-refractivity contribution in [1.82, 2.24) is 0 Å². The summed E-state index contributed by atoms with van der Waals surface area (Å²) in [6.07, 6.45) is 29.9. The molecule has 0 aromatic carbocycles. The monoisotopic (exact) mass is 691 g/mol. The van der Waals surface area contributed by atoms with Crippen molar-refractivity contribution in [3.05, 3.63) is 0 Å². The number of phosphoric acid groups is 1. The third-order valence-electron chi connectivity index (χ3n) is 8.73. The molecule has 47 heavy (non-hydrogen) atoms.